The summed E-state index contributed by atoms with van der Waals surface area (Å²) in [5.74, 6) is 0. The highest BCUT2D eigenvalue weighted by molar-refractivity contribution is 6.01. The van der Waals surface area contributed by atoms with E-state index in [2.05, 4.69) is 0 Å². The summed E-state index contributed by atoms with van der Waals surface area (Å²) < 4.78 is 0. The van der Waals surface area contributed by atoms with E-state index < -0.39 is 0 Å². The van der Waals surface area contributed by atoms with Gasteiger partial charge in [-0.15, -0.1) is 0 Å². The van der Waals surface area contributed by atoms with E-state index in [1.54, 1.807) is 6.92 Å². The molecule has 0 aromatic heterocycles. The molecule has 0 unspecified atom stereocenters. The molecule has 13 heavy (non-hydrogen) atoms. The number of nitrogens with one attached hydrogen (secondary N) is 1. The van der Waals surface area contributed by atoms with Crippen LogP contribution < -0.4 is 5.73 Å². The van der Waals surface area contributed by atoms with Crippen LogP contribution in [-0.4, -0.2) is 5.71 Å². The summed E-state index contributed by atoms with van der Waals surface area (Å²) >= 11 is 0. The van der Waals surface area contributed by atoms with Crippen LogP contribution in [0.1, 0.15) is 19.4 Å². The fourth-order valence-corrected chi connectivity index (χ4v) is 1.04. The second-order valence-electron chi connectivity index (χ2n) is 3.03. The molecule has 0 aliphatic heterocycles. The molecule has 0 saturated heterocycles. The molecule has 1 aromatic carbocycles. The van der Waals surface area contributed by atoms with Gasteiger partial charge in [0.25, 0.3) is 0 Å². The minimum atomic E-state index is 0.515. The topological polar surface area (TPSA) is 49.9 Å². The van der Waals surface area contributed by atoms with Crippen LogP contribution in [0, 0.1) is 5.41 Å². The fourth-order valence-electron chi connectivity index (χ4n) is 1.04. The molecule has 1 rings (SSSR count). The van der Waals surface area contributed by atoms with Crippen molar-refractivity contribution in [2.24, 2.45) is 5.73 Å². The summed E-state index contributed by atoms with van der Waals surface area (Å²) in [7, 11) is 0. The monoisotopic (exact) mass is 174 g/mol. The lowest BCUT2D eigenvalue weighted by molar-refractivity contribution is 1.38. The van der Waals surface area contributed by atoms with Gasteiger partial charge in [0.05, 0.1) is 0 Å². The second kappa shape index (κ2) is 3.90. The normalized spacial score (nSPS) is 12.2. The first-order chi connectivity index (χ1) is 6.13. The van der Waals surface area contributed by atoms with E-state index >= 15 is 0 Å². The van der Waals surface area contributed by atoms with Crippen molar-refractivity contribution in [1.82, 2.24) is 0 Å². The van der Waals surface area contributed by atoms with Gasteiger partial charge in [-0.2, -0.15) is 0 Å². The van der Waals surface area contributed by atoms with E-state index in [0.29, 0.717) is 11.4 Å². The van der Waals surface area contributed by atoms with Gasteiger partial charge >= 0.3 is 0 Å². The SMILES string of the molecule is CC(=N)/C(C)=C(\N)c1ccccc1. The third-order valence-corrected chi connectivity index (χ3v) is 2.05. The molecule has 0 bridgehead atoms. The maximum absolute atomic E-state index is 7.44. The van der Waals surface area contributed by atoms with E-state index in [-0.39, 0.29) is 0 Å². The number of nitrogens with two attached hydrogens (primary N) is 1. The highest BCUT2D eigenvalue weighted by Crippen LogP contribution is 2.13. The average Bonchev–Trinajstić information content (AvgIpc) is 2.17. The van der Waals surface area contributed by atoms with Crippen LogP contribution in [0.15, 0.2) is 35.9 Å². The van der Waals surface area contributed by atoms with Crippen LogP contribution in [0.5, 0.6) is 0 Å². The van der Waals surface area contributed by atoms with E-state index in [9.17, 15) is 0 Å². The molecule has 0 atom stereocenters. The predicted octanol–water partition coefficient (Wildman–Crippen LogP) is 2.42. The van der Waals surface area contributed by atoms with Gasteiger partial charge < -0.3 is 11.1 Å². The Morgan fingerprint density at radius 1 is 1.15 bits per heavy atom. The number of rotatable bonds is 2. The molecule has 0 saturated carbocycles. The summed E-state index contributed by atoms with van der Waals surface area (Å²) in [6.07, 6.45) is 0. The molecule has 0 radical (unpaired) electrons. The Balaban J connectivity index is 3.11. The molecule has 0 amide bonds. The van der Waals surface area contributed by atoms with Crippen molar-refractivity contribution in [1.29, 1.82) is 5.41 Å². The Bertz CT molecular complexity index is 336. The predicted molar refractivity (Wildman–Crippen MR) is 56.6 cm³/mol. The maximum atomic E-state index is 7.44. The van der Waals surface area contributed by atoms with Crippen LogP contribution in [-0.2, 0) is 0 Å². The number of benzene rings is 1. The average molecular weight is 174 g/mol. The maximum Gasteiger partial charge on any atom is 0.0435 e. The molecule has 0 heterocycles. The highest BCUT2D eigenvalue weighted by Gasteiger charge is 2.01. The van der Waals surface area contributed by atoms with Gasteiger partial charge in [-0.25, -0.2) is 0 Å². The Hall–Kier alpha value is -1.57. The summed E-state index contributed by atoms with van der Waals surface area (Å²) in [5, 5.41) is 7.44. The summed E-state index contributed by atoms with van der Waals surface area (Å²) in [4.78, 5) is 0. The first-order valence-electron chi connectivity index (χ1n) is 4.20. The zero-order valence-corrected chi connectivity index (χ0v) is 7.96. The van der Waals surface area contributed by atoms with Crippen LogP contribution >= 0.6 is 0 Å². The molecule has 3 N–H and O–H groups in total. The quantitative estimate of drug-likeness (QED) is 0.664. The van der Waals surface area contributed by atoms with Crippen molar-refractivity contribution in [2.75, 3.05) is 0 Å². The third-order valence-electron chi connectivity index (χ3n) is 2.05. The zero-order chi connectivity index (χ0) is 9.84. The Morgan fingerprint density at radius 3 is 2.15 bits per heavy atom. The molecular formula is C11H14N2. The fraction of sp³-hybridized carbons (Fsp3) is 0.182. The van der Waals surface area contributed by atoms with E-state index in [4.69, 9.17) is 11.1 Å². The van der Waals surface area contributed by atoms with Crippen molar-refractivity contribution in [3.63, 3.8) is 0 Å². The van der Waals surface area contributed by atoms with Crippen molar-refractivity contribution in [3.8, 4) is 0 Å². The molecule has 1 aromatic rings. The van der Waals surface area contributed by atoms with Crippen LogP contribution in [0.4, 0.5) is 0 Å². The minimum absolute atomic E-state index is 0.515. The molecule has 0 aliphatic rings. The molecular weight excluding hydrogens is 160 g/mol. The van der Waals surface area contributed by atoms with Gasteiger partial charge in [0.2, 0.25) is 0 Å². The minimum Gasteiger partial charge on any atom is -0.398 e. The van der Waals surface area contributed by atoms with Crippen LogP contribution in [0.2, 0.25) is 0 Å². The lowest BCUT2D eigenvalue weighted by atomic mass is 10.1. The molecule has 2 nitrogen and oxygen atoms in total. The van der Waals surface area contributed by atoms with E-state index in [1.807, 2.05) is 37.3 Å². The van der Waals surface area contributed by atoms with Gasteiger partial charge in [0.15, 0.2) is 0 Å². The summed E-state index contributed by atoms with van der Waals surface area (Å²) in [6, 6.07) is 9.72. The van der Waals surface area contributed by atoms with Crippen molar-refractivity contribution in [3.05, 3.63) is 41.5 Å². The van der Waals surface area contributed by atoms with Gasteiger partial charge in [0, 0.05) is 11.4 Å². The van der Waals surface area contributed by atoms with Crippen molar-refractivity contribution in [2.45, 2.75) is 13.8 Å². The second-order valence-corrected chi connectivity index (χ2v) is 3.03. The molecule has 0 fully saturated rings. The van der Waals surface area contributed by atoms with Gasteiger partial charge in [-0.3, -0.25) is 0 Å². The number of hydrogen-bond acceptors (Lipinski definition) is 2. The van der Waals surface area contributed by atoms with E-state index in [1.165, 1.54) is 0 Å². The standard InChI is InChI=1S/C11H14N2/c1-8(9(2)12)11(13)10-6-4-3-5-7-10/h3-7,12H,13H2,1-2H3/b11-8-,12-9?. The van der Waals surface area contributed by atoms with E-state index in [0.717, 1.165) is 11.1 Å². The first kappa shape index (κ1) is 9.52. The number of hydrogen-bond donors (Lipinski definition) is 2. The smallest absolute Gasteiger partial charge is 0.0435 e. The van der Waals surface area contributed by atoms with Crippen molar-refractivity contribution >= 4 is 11.4 Å². The highest BCUT2D eigenvalue weighted by atomic mass is 14.6. The molecule has 68 valence electrons. The van der Waals surface area contributed by atoms with Gasteiger partial charge in [0.1, 0.15) is 0 Å². The molecule has 2 heteroatoms. The Morgan fingerprint density at radius 2 is 1.69 bits per heavy atom. The lowest BCUT2D eigenvalue weighted by Crippen LogP contribution is -2.04. The summed E-state index contributed by atoms with van der Waals surface area (Å²) in [6.45, 7) is 3.61. The zero-order valence-electron chi connectivity index (χ0n) is 7.96. The van der Waals surface area contributed by atoms with Crippen LogP contribution in [0.3, 0.4) is 0 Å². The number of allylic oxidation sites excluding steroid dienone is 1. The molecule has 0 aliphatic carbocycles. The Kier molecular flexibility index (Phi) is 2.85. The molecule has 0 spiro atoms. The Labute approximate surface area is 78.6 Å². The van der Waals surface area contributed by atoms with Gasteiger partial charge in [-0.1, -0.05) is 30.3 Å². The summed E-state index contributed by atoms with van der Waals surface area (Å²) in [5.41, 5.74) is 8.90. The first-order valence-corrected chi connectivity index (χ1v) is 4.20. The third kappa shape index (κ3) is 2.18. The largest absolute Gasteiger partial charge is 0.398 e. The van der Waals surface area contributed by atoms with Crippen molar-refractivity contribution < 1.29 is 0 Å². The van der Waals surface area contributed by atoms with Crippen LogP contribution in [0.25, 0.3) is 5.70 Å². The lowest BCUT2D eigenvalue weighted by Gasteiger charge is -2.05. The van der Waals surface area contributed by atoms with Gasteiger partial charge in [-0.05, 0) is 25.0 Å².